The van der Waals surface area contributed by atoms with Gasteiger partial charge in [-0.1, -0.05) is 24.9 Å². The summed E-state index contributed by atoms with van der Waals surface area (Å²) in [5.74, 6) is 2.20. The molecule has 1 heterocycles. The Balaban J connectivity index is 1.54. The number of carbonyl (C=O) groups excluding carboxylic acids is 1. The van der Waals surface area contributed by atoms with Crippen LogP contribution in [0.3, 0.4) is 0 Å². The maximum atomic E-state index is 12.4. The van der Waals surface area contributed by atoms with Crippen molar-refractivity contribution < 1.29 is 14.1 Å². The van der Waals surface area contributed by atoms with Gasteiger partial charge in [0.05, 0.1) is 0 Å². The second-order valence-corrected chi connectivity index (χ2v) is 6.38. The zero-order valence-electron chi connectivity index (χ0n) is 14.1. The van der Waals surface area contributed by atoms with Crippen molar-refractivity contribution in [2.75, 3.05) is 0 Å². The van der Waals surface area contributed by atoms with Crippen LogP contribution in [0.4, 0.5) is 0 Å². The molecule has 1 aliphatic carbocycles. The molecular formula is C18H23N3O3. The molecule has 1 N–H and O–H groups in total. The molecule has 1 aromatic heterocycles. The summed E-state index contributed by atoms with van der Waals surface area (Å²) in [5, 5.41) is 6.93. The van der Waals surface area contributed by atoms with Crippen molar-refractivity contribution in [1.29, 1.82) is 0 Å². The van der Waals surface area contributed by atoms with E-state index in [1.165, 1.54) is 19.3 Å². The lowest BCUT2D eigenvalue weighted by atomic mass is 9.86. The Morgan fingerprint density at radius 2 is 2.04 bits per heavy atom. The fourth-order valence-electron chi connectivity index (χ4n) is 3.03. The van der Waals surface area contributed by atoms with E-state index in [-0.39, 0.29) is 18.6 Å². The smallest absolute Gasteiger partial charge is 0.251 e. The summed E-state index contributed by atoms with van der Waals surface area (Å²) in [4.78, 5) is 16.4. The lowest BCUT2D eigenvalue weighted by Gasteiger charge is -2.29. The van der Waals surface area contributed by atoms with Crippen LogP contribution in [0, 0.1) is 12.8 Å². The van der Waals surface area contributed by atoms with Crippen molar-refractivity contribution in [2.24, 2.45) is 5.92 Å². The summed E-state index contributed by atoms with van der Waals surface area (Å²) >= 11 is 0. The number of nitrogens with zero attached hydrogens (tertiary/aromatic N) is 2. The highest BCUT2D eigenvalue weighted by molar-refractivity contribution is 5.94. The summed E-state index contributed by atoms with van der Waals surface area (Å²) < 4.78 is 10.5. The van der Waals surface area contributed by atoms with Gasteiger partial charge in [-0.3, -0.25) is 4.79 Å². The number of hydrogen-bond acceptors (Lipinski definition) is 5. The molecule has 6 nitrogen and oxygen atoms in total. The molecule has 2 atom stereocenters. The third kappa shape index (κ3) is 4.13. The molecule has 1 amide bonds. The highest BCUT2D eigenvalue weighted by atomic mass is 16.5. The molecule has 0 aliphatic heterocycles. The summed E-state index contributed by atoms with van der Waals surface area (Å²) in [5.41, 5.74) is 0.649. The predicted octanol–water partition coefficient (Wildman–Crippen LogP) is 3.27. The van der Waals surface area contributed by atoms with Crippen LogP contribution in [0.5, 0.6) is 5.75 Å². The van der Waals surface area contributed by atoms with Gasteiger partial charge in [-0.2, -0.15) is 4.98 Å². The van der Waals surface area contributed by atoms with Gasteiger partial charge in [-0.25, -0.2) is 0 Å². The molecule has 0 bridgehead atoms. The summed E-state index contributed by atoms with van der Waals surface area (Å²) in [6.45, 7) is 4.18. The van der Waals surface area contributed by atoms with Gasteiger partial charge < -0.3 is 14.6 Å². The molecule has 0 radical (unpaired) electrons. The molecule has 1 aliphatic rings. The lowest BCUT2D eigenvalue weighted by molar-refractivity contribution is 0.0910. The third-order valence-electron chi connectivity index (χ3n) is 4.48. The lowest BCUT2D eigenvalue weighted by Crippen LogP contribution is -2.41. The predicted molar refractivity (Wildman–Crippen MR) is 88.7 cm³/mol. The second kappa shape index (κ2) is 7.47. The highest BCUT2D eigenvalue weighted by Crippen LogP contribution is 2.24. The van der Waals surface area contributed by atoms with Gasteiger partial charge in [0.25, 0.3) is 5.91 Å². The molecule has 0 unspecified atom stereocenters. The average Bonchev–Trinajstić information content (AvgIpc) is 3.01. The second-order valence-electron chi connectivity index (χ2n) is 6.38. The van der Waals surface area contributed by atoms with Gasteiger partial charge >= 0.3 is 0 Å². The zero-order valence-corrected chi connectivity index (χ0v) is 14.1. The maximum absolute atomic E-state index is 12.4. The Labute approximate surface area is 141 Å². The largest absolute Gasteiger partial charge is 0.485 e. The van der Waals surface area contributed by atoms with E-state index in [4.69, 9.17) is 9.26 Å². The van der Waals surface area contributed by atoms with Gasteiger partial charge in [0.2, 0.25) is 11.7 Å². The van der Waals surface area contributed by atoms with Crippen molar-refractivity contribution >= 4 is 5.91 Å². The zero-order chi connectivity index (χ0) is 16.9. The van der Waals surface area contributed by atoms with Crippen LogP contribution in [0.15, 0.2) is 28.8 Å². The number of benzene rings is 1. The molecule has 0 spiro atoms. The molecule has 3 rings (SSSR count). The van der Waals surface area contributed by atoms with E-state index in [9.17, 15) is 4.79 Å². The Kier molecular flexibility index (Phi) is 5.13. The monoisotopic (exact) mass is 329 g/mol. The van der Waals surface area contributed by atoms with Crippen LogP contribution in [-0.2, 0) is 6.61 Å². The van der Waals surface area contributed by atoms with Gasteiger partial charge in [0.15, 0.2) is 6.61 Å². The standard InChI is InChI=1S/C18H23N3O3/c1-12-5-3-4-6-16(12)20-18(22)14-7-9-15(10-8-14)23-11-17-19-13(2)24-21-17/h7-10,12,16H,3-6,11H2,1-2H3,(H,20,22)/t12-,16+/m0/s1. The van der Waals surface area contributed by atoms with E-state index in [1.54, 1.807) is 31.2 Å². The summed E-state index contributed by atoms with van der Waals surface area (Å²) in [6.07, 6.45) is 4.71. The molecule has 0 saturated heterocycles. The van der Waals surface area contributed by atoms with E-state index >= 15 is 0 Å². The molecule has 1 aromatic carbocycles. The SMILES string of the molecule is Cc1nc(COc2ccc(C(=O)N[C@@H]3CCCC[C@@H]3C)cc2)no1. The number of nitrogens with one attached hydrogen (secondary N) is 1. The van der Waals surface area contributed by atoms with Crippen LogP contribution in [0.25, 0.3) is 0 Å². The number of amides is 1. The van der Waals surface area contributed by atoms with E-state index in [0.717, 1.165) is 6.42 Å². The summed E-state index contributed by atoms with van der Waals surface area (Å²) in [6, 6.07) is 7.40. The number of aromatic nitrogens is 2. The normalized spacial score (nSPS) is 20.6. The van der Waals surface area contributed by atoms with Crippen LogP contribution in [0.2, 0.25) is 0 Å². The third-order valence-corrected chi connectivity index (χ3v) is 4.48. The van der Waals surface area contributed by atoms with Gasteiger partial charge in [-0.05, 0) is 43.0 Å². The molecule has 24 heavy (non-hydrogen) atoms. The minimum absolute atomic E-state index is 0.0194. The first-order valence-corrected chi connectivity index (χ1v) is 8.45. The molecular weight excluding hydrogens is 306 g/mol. The fourth-order valence-corrected chi connectivity index (χ4v) is 3.03. The van der Waals surface area contributed by atoms with Crippen molar-refractivity contribution in [3.8, 4) is 5.75 Å². The fraction of sp³-hybridized carbons (Fsp3) is 0.500. The maximum Gasteiger partial charge on any atom is 0.251 e. The van der Waals surface area contributed by atoms with Crippen LogP contribution >= 0.6 is 0 Å². The number of ether oxygens (including phenoxy) is 1. The summed E-state index contributed by atoms with van der Waals surface area (Å²) in [7, 11) is 0. The quantitative estimate of drug-likeness (QED) is 0.911. The topological polar surface area (TPSA) is 77.2 Å². The number of rotatable bonds is 5. The Morgan fingerprint density at radius 3 is 2.71 bits per heavy atom. The van der Waals surface area contributed by atoms with Crippen LogP contribution in [-0.4, -0.2) is 22.1 Å². The molecule has 1 saturated carbocycles. The van der Waals surface area contributed by atoms with Crippen molar-refractivity contribution in [3.63, 3.8) is 0 Å². The van der Waals surface area contributed by atoms with Gasteiger partial charge in [0.1, 0.15) is 5.75 Å². The van der Waals surface area contributed by atoms with E-state index in [0.29, 0.717) is 28.9 Å². The van der Waals surface area contributed by atoms with E-state index in [1.807, 2.05) is 0 Å². The number of aryl methyl sites for hydroxylation is 1. The molecule has 1 fully saturated rings. The van der Waals surface area contributed by atoms with Crippen LogP contribution < -0.4 is 10.1 Å². The number of carbonyl (C=O) groups is 1. The molecule has 128 valence electrons. The van der Waals surface area contributed by atoms with Gasteiger partial charge in [-0.15, -0.1) is 0 Å². The van der Waals surface area contributed by atoms with Gasteiger partial charge in [0, 0.05) is 18.5 Å². The molecule has 2 aromatic rings. The van der Waals surface area contributed by atoms with Crippen LogP contribution in [0.1, 0.15) is 54.7 Å². The number of hydrogen-bond donors (Lipinski definition) is 1. The molecule has 6 heteroatoms. The van der Waals surface area contributed by atoms with E-state index < -0.39 is 0 Å². The van der Waals surface area contributed by atoms with Crippen molar-refractivity contribution in [3.05, 3.63) is 41.5 Å². The Morgan fingerprint density at radius 1 is 1.29 bits per heavy atom. The first-order valence-electron chi connectivity index (χ1n) is 8.45. The Bertz CT molecular complexity index is 681. The van der Waals surface area contributed by atoms with Crippen molar-refractivity contribution in [1.82, 2.24) is 15.5 Å². The Hall–Kier alpha value is -2.37. The average molecular weight is 329 g/mol. The minimum Gasteiger partial charge on any atom is -0.485 e. The van der Waals surface area contributed by atoms with Crippen molar-refractivity contribution in [2.45, 2.75) is 52.2 Å². The highest BCUT2D eigenvalue weighted by Gasteiger charge is 2.23. The minimum atomic E-state index is -0.0194. The van der Waals surface area contributed by atoms with E-state index in [2.05, 4.69) is 22.4 Å². The first kappa shape index (κ1) is 16.5. The first-order chi connectivity index (χ1) is 11.6.